The van der Waals surface area contributed by atoms with Gasteiger partial charge in [-0.05, 0) is 12.1 Å². The van der Waals surface area contributed by atoms with Gasteiger partial charge in [0.05, 0.1) is 18.5 Å². The highest BCUT2D eigenvalue weighted by atomic mass is 32.2. The summed E-state index contributed by atoms with van der Waals surface area (Å²) in [4.78, 5) is 11.9. The quantitative estimate of drug-likeness (QED) is 0.822. The second kappa shape index (κ2) is 5.54. The van der Waals surface area contributed by atoms with Gasteiger partial charge in [-0.25, -0.2) is 8.42 Å². The van der Waals surface area contributed by atoms with Gasteiger partial charge in [-0.1, -0.05) is 18.2 Å². The van der Waals surface area contributed by atoms with Crippen molar-refractivity contribution in [3.63, 3.8) is 0 Å². The van der Waals surface area contributed by atoms with Crippen LogP contribution in [-0.4, -0.2) is 39.8 Å². The van der Waals surface area contributed by atoms with Crippen molar-refractivity contribution >= 4 is 21.6 Å². The van der Waals surface area contributed by atoms with Crippen molar-refractivity contribution in [3.8, 4) is 5.75 Å². The Morgan fingerprint density at radius 1 is 1.55 bits per heavy atom. The van der Waals surface area contributed by atoms with Gasteiger partial charge in [-0.3, -0.25) is 9.10 Å². The van der Waals surface area contributed by atoms with E-state index in [-0.39, 0.29) is 12.5 Å². The van der Waals surface area contributed by atoms with Crippen LogP contribution in [0.2, 0.25) is 0 Å². The molecule has 0 radical (unpaired) electrons. The Kier molecular flexibility index (Phi) is 3.99. The van der Waals surface area contributed by atoms with Gasteiger partial charge in [0.2, 0.25) is 10.0 Å². The van der Waals surface area contributed by atoms with Crippen molar-refractivity contribution in [2.45, 2.75) is 6.10 Å². The fourth-order valence-electron chi connectivity index (χ4n) is 1.94. The summed E-state index contributed by atoms with van der Waals surface area (Å²) >= 11 is 0. The zero-order chi connectivity index (χ0) is 14.8. The largest absolute Gasteiger partial charge is 0.476 e. The van der Waals surface area contributed by atoms with Gasteiger partial charge in [0.1, 0.15) is 5.75 Å². The number of ether oxygens (including phenoxy) is 1. The molecule has 1 aliphatic heterocycles. The molecule has 1 N–H and O–H groups in total. The average molecular weight is 296 g/mol. The zero-order valence-corrected chi connectivity index (χ0v) is 11.9. The number of nitrogens with zero attached hydrogens (tertiary/aromatic N) is 1. The number of hydrogen-bond acceptors (Lipinski definition) is 4. The van der Waals surface area contributed by atoms with E-state index in [0.29, 0.717) is 18.0 Å². The third-order valence-electron chi connectivity index (χ3n) is 2.85. The third-order valence-corrected chi connectivity index (χ3v) is 3.99. The molecule has 20 heavy (non-hydrogen) atoms. The van der Waals surface area contributed by atoms with Crippen molar-refractivity contribution in [2.75, 3.05) is 23.7 Å². The first-order chi connectivity index (χ1) is 9.43. The maximum Gasteiger partial charge on any atom is 0.263 e. The fourth-order valence-corrected chi connectivity index (χ4v) is 2.85. The maximum absolute atomic E-state index is 11.9. The minimum Gasteiger partial charge on any atom is -0.476 e. The van der Waals surface area contributed by atoms with Crippen molar-refractivity contribution in [2.24, 2.45) is 0 Å². The summed E-state index contributed by atoms with van der Waals surface area (Å²) in [6.07, 6.45) is 1.77. The first kappa shape index (κ1) is 14.4. The van der Waals surface area contributed by atoms with Crippen LogP contribution in [0.15, 0.2) is 36.9 Å². The summed E-state index contributed by atoms with van der Waals surface area (Å²) in [5.41, 5.74) is 0.447. The predicted molar refractivity (Wildman–Crippen MR) is 76.3 cm³/mol. The second-order valence-corrected chi connectivity index (χ2v) is 6.31. The smallest absolute Gasteiger partial charge is 0.263 e. The molecule has 2 rings (SSSR count). The lowest BCUT2D eigenvalue weighted by Gasteiger charge is -2.33. The predicted octanol–water partition coefficient (Wildman–Crippen LogP) is 0.516. The molecule has 0 aliphatic carbocycles. The van der Waals surface area contributed by atoms with Crippen LogP contribution in [0.25, 0.3) is 0 Å². The van der Waals surface area contributed by atoms with Crippen LogP contribution in [0, 0.1) is 0 Å². The number of benzene rings is 1. The van der Waals surface area contributed by atoms with Crippen molar-refractivity contribution in [3.05, 3.63) is 36.9 Å². The van der Waals surface area contributed by atoms with Crippen LogP contribution in [0.1, 0.15) is 0 Å². The Labute approximate surface area is 118 Å². The number of amides is 1. The molecule has 0 spiro atoms. The fraction of sp³-hybridized carbons (Fsp3) is 0.308. The Morgan fingerprint density at radius 2 is 2.25 bits per heavy atom. The average Bonchev–Trinajstić information content (AvgIpc) is 2.42. The van der Waals surface area contributed by atoms with E-state index in [2.05, 4.69) is 11.9 Å². The normalized spacial score (nSPS) is 17.9. The summed E-state index contributed by atoms with van der Waals surface area (Å²) in [5, 5.41) is 2.60. The second-order valence-electron chi connectivity index (χ2n) is 4.40. The van der Waals surface area contributed by atoms with E-state index >= 15 is 0 Å². The lowest BCUT2D eigenvalue weighted by atomic mass is 10.2. The molecule has 1 heterocycles. The van der Waals surface area contributed by atoms with E-state index in [1.807, 2.05) is 0 Å². The number of fused-ring (bicyclic) bond motifs is 1. The van der Waals surface area contributed by atoms with Gasteiger partial charge in [-0.2, -0.15) is 0 Å². The molecule has 1 aliphatic rings. The standard InChI is InChI=1S/C13H16N2O4S/c1-3-8-14-13(16)12-9-15(20(2,17)18)10-6-4-5-7-11(10)19-12/h3-7,12H,1,8-9H2,2H3,(H,14,16)/t12-/m0/s1. The van der Waals surface area contributed by atoms with Gasteiger partial charge in [0.25, 0.3) is 5.91 Å². The lowest BCUT2D eigenvalue weighted by molar-refractivity contribution is -0.127. The van der Waals surface area contributed by atoms with Crippen LogP contribution in [0.4, 0.5) is 5.69 Å². The number of nitrogens with one attached hydrogen (secondary N) is 1. The minimum absolute atomic E-state index is 0.0428. The summed E-state index contributed by atoms with van der Waals surface area (Å²) in [6.45, 7) is 3.77. The van der Waals surface area contributed by atoms with E-state index < -0.39 is 16.1 Å². The summed E-state index contributed by atoms with van der Waals surface area (Å²) in [6, 6.07) is 6.73. The molecule has 0 aromatic heterocycles. The Balaban J connectivity index is 2.31. The molecular formula is C13H16N2O4S. The van der Waals surface area contributed by atoms with Crippen molar-refractivity contribution < 1.29 is 17.9 Å². The van der Waals surface area contributed by atoms with Crippen LogP contribution in [0.5, 0.6) is 5.75 Å². The van der Waals surface area contributed by atoms with Crippen LogP contribution in [-0.2, 0) is 14.8 Å². The zero-order valence-electron chi connectivity index (χ0n) is 11.1. The number of hydrogen-bond donors (Lipinski definition) is 1. The Morgan fingerprint density at radius 3 is 2.90 bits per heavy atom. The van der Waals surface area contributed by atoms with Crippen molar-refractivity contribution in [1.29, 1.82) is 0 Å². The molecule has 7 heteroatoms. The van der Waals surface area contributed by atoms with Crippen LogP contribution < -0.4 is 14.4 Å². The molecular weight excluding hydrogens is 280 g/mol. The summed E-state index contributed by atoms with van der Waals surface area (Å²) < 4.78 is 30.5. The highest BCUT2D eigenvalue weighted by molar-refractivity contribution is 7.92. The number of rotatable bonds is 4. The molecule has 0 bridgehead atoms. The van der Waals surface area contributed by atoms with E-state index in [0.717, 1.165) is 6.26 Å². The SMILES string of the molecule is C=CCNC(=O)[C@@H]1CN(S(C)(=O)=O)c2ccccc2O1. The minimum atomic E-state index is -3.47. The first-order valence-corrected chi connectivity index (χ1v) is 7.90. The van der Waals surface area contributed by atoms with E-state index in [9.17, 15) is 13.2 Å². The molecule has 0 saturated heterocycles. The highest BCUT2D eigenvalue weighted by Gasteiger charge is 2.34. The molecule has 108 valence electrons. The van der Waals surface area contributed by atoms with Gasteiger partial charge in [0.15, 0.2) is 6.10 Å². The molecule has 0 fully saturated rings. The third kappa shape index (κ3) is 2.93. The van der Waals surface area contributed by atoms with E-state index in [1.165, 1.54) is 4.31 Å². The molecule has 1 aromatic rings. The van der Waals surface area contributed by atoms with Crippen LogP contribution in [0.3, 0.4) is 0 Å². The molecule has 1 atom stereocenters. The van der Waals surface area contributed by atoms with Gasteiger partial charge in [0, 0.05) is 6.54 Å². The number of anilines is 1. The topological polar surface area (TPSA) is 75.7 Å². The van der Waals surface area contributed by atoms with Gasteiger partial charge in [-0.15, -0.1) is 6.58 Å². The number of para-hydroxylation sites is 2. The monoisotopic (exact) mass is 296 g/mol. The number of carbonyl (C=O) groups excluding carboxylic acids is 1. The van der Waals surface area contributed by atoms with E-state index in [1.54, 1.807) is 30.3 Å². The number of carbonyl (C=O) groups is 1. The van der Waals surface area contributed by atoms with Crippen molar-refractivity contribution in [1.82, 2.24) is 5.32 Å². The maximum atomic E-state index is 11.9. The number of sulfonamides is 1. The molecule has 6 nitrogen and oxygen atoms in total. The Bertz CT molecular complexity index is 627. The summed E-state index contributed by atoms with van der Waals surface area (Å²) in [7, 11) is -3.47. The molecule has 0 unspecified atom stereocenters. The molecule has 1 aromatic carbocycles. The lowest BCUT2D eigenvalue weighted by Crippen LogP contribution is -2.50. The molecule has 1 amide bonds. The van der Waals surface area contributed by atoms with Gasteiger partial charge >= 0.3 is 0 Å². The molecule has 0 saturated carbocycles. The summed E-state index contributed by atoms with van der Waals surface area (Å²) in [5.74, 6) is 0.0102. The van der Waals surface area contributed by atoms with Gasteiger partial charge < -0.3 is 10.1 Å². The highest BCUT2D eigenvalue weighted by Crippen LogP contribution is 2.34. The Hall–Kier alpha value is -2.02. The van der Waals surface area contributed by atoms with E-state index in [4.69, 9.17) is 4.74 Å². The van der Waals surface area contributed by atoms with Crippen LogP contribution >= 0.6 is 0 Å². The first-order valence-electron chi connectivity index (χ1n) is 6.05.